The summed E-state index contributed by atoms with van der Waals surface area (Å²) in [7, 11) is 0. The molecule has 2 aromatic heterocycles. The van der Waals surface area contributed by atoms with Crippen LogP contribution >= 0.6 is 0 Å². The molecule has 0 atom stereocenters. The summed E-state index contributed by atoms with van der Waals surface area (Å²) in [6.45, 7) is 0. The van der Waals surface area contributed by atoms with Gasteiger partial charge in [-0.3, -0.25) is 0 Å². The fourth-order valence-electron chi connectivity index (χ4n) is 15.9. The number of benzene rings is 18. The lowest BCUT2D eigenvalue weighted by molar-refractivity contribution is 0.668. The molecule has 0 amide bonds. The first-order chi connectivity index (χ1) is 50.6. The molecule has 0 saturated carbocycles. The van der Waals surface area contributed by atoms with E-state index in [9.17, 15) is 0 Å². The molecule has 2 nitrogen and oxygen atoms in total. The Bertz CT molecular complexity index is 6580. The summed E-state index contributed by atoms with van der Waals surface area (Å²) in [5.74, 6) is 0. The fraction of sp³-hybridized carbons (Fsp3) is 0. The van der Waals surface area contributed by atoms with Crippen LogP contribution in [0.1, 0.15) is 0 Å². The van der Waals surface area contributed by atoms with Gasteiger partial charge >= 0.3 is 0 Å². The molecule has 18 aromatic carbocycles. The molecule has 0 saturated heterocycles. The van der Waals surface area contributed by atoms with Gasteiger partial charge in [0.05, 0.1) is 0 Å². The van der Waals surface area contributed by atoms with E-state index in [1.807, 2.05) is 12.1 Å². The SMILES string of the molecule is c1ccc(-c2ccc(-c3c4ccccc4c(-c4cccc(-c5ccccc5)c4)c4ccc(-c5cccc6oc7ccccc7c56)cc34)cc2)cc1.c1ccc(-c2cccc(-c3c4ccccc4c(-c4cccc(-c5ccccc5)c4)c4cc(-c5cccc6oc7ccccc7c56)ccc34)c2)cc1. The minimum atomic E-state index is 0.904. The van der Waals surface area contributed by atoms with Crippen molar-refractivity contribution in [1.82, 2.24) is 0 Å². The Labute approximate surface area is 591 Å². The van der Waals surface area contributed by atoms with Gasteiger partial charge in [0, 0.05) is 21.5 Å². The van der Waals surface area contributed by atoms with E-state index >= 15 is 0 Å². The van der Waals surface area contributed by atoms with Crippen molar-refractivity contribution in [3.05, 3.63) is 388 Å². The van der Waals surface area contributed by atoms with Gasteiger partial charge in [-0.2, -0.15) is 0 Å². The number of hydrogen-bond acceptors (Lipinski definition) is 2. The zero-order valence-electron chi connectivity index (χ0n) is 55.8. The highest BCUT2D eigenvalue weighted by atomic mass is 16.3. The number of para-hydroxylation sites is 2. The number of rotatable bonds is 10. The topological polar surface area (TPSA) is 26.3 Å². The maximum absolute atomic E-state index is 6.33. The molecule has 102 heavy (non-hydrogen) atoms. The van der Waals surface area contributed by atoms with Crippen LogP contribution in [-0.2, 0) is 0 Å². The van der Waals surface area contributed by atoms with Crippen molar-refractivity contribution in [2.24, 2.45) is 0 Å². The molecular weight excluding hydrogens is 1230 g/mol. The van der Waals surface area contributed by atoms with E-state index < -0.39 is 0 Å². The van der Waals surface area contributed by atoms with Crippen molar-refractivity contribution < 1.29 is 8.83 Å². The van der Waals surface area contributed by atoms with E-state index in [1.54, 1.807) is 0 Å². The molecule has 2 heteroatoms. The summed E-state index contributed by atoms with van der Waals surface area (Å²) in [5.41, 5.74) is 27.8. The first kappa shape index (κ1) is 59.8. The molecule has 0 aliphatic carbocycles. The van der Waals surface area contributed by atoms with E-state index in [-0.39, 0.29) is 0 Å². The standard InChI is InChI=1S/2C50H32O/c1-3-14-33(15-4-1)35-18-11-20-38(30-35)48-41-22-7-8-23-42(41)49(39-21-12-19-36(31-39)34-16-5-2-6-17-34)45-32-37(28-29-43(45)48)40-25-13-27-47-50(40)44-24-9-10-26-46(44)51-47;1-3-13-33(14-4-1)35-25-27-36(28-26-35)48-41-19-7-8-20-42(41)49(39-18-11-17-37(31-39)34-15-5-2-6-16-34)43-30-29-38(32-45(43)48)40-22-12-24-47-50(40)44-21-9-10-23-46(44)51-47/h2*1-32H. The van der Waals surface area contributed by atoms with Crippen molar-refractivity contribution in [2.75, 3.05) is 0 Å². The smallest absolute Gasteiger partial charge is 0.136 e. The van der Waals surface area contributed by atoms with E-state index in [4.69, 9.17) is 8.83 Å². The van der Waals surface area contributed by atoms with Crippen LogP contribution in [0, 0.1) is 0 Å². The third kappa shape index (κ3) is 10.6. The van der Waals surface area contributed by atoms with Gasteiger partial charge in [0.15, 0.2) is 0 Å². The first-order valence-corrected chi connectivity index (χ1v) is 35.0. The molecule has 0 aliphatic heterocycles. The van der Waals surface area contributed by atoms with E-state index in [0.717, 1.165) is 43.9 Å². The highest BCUT2D eigenvalue weighted by Crippen LogP contribution is 2.50. The lowest BCUT2D eigenvalue weighted by Crippen LogP contribution is -1.92. The third-order valence-corrected chi connectivity index (χ3v) is 20.5. The Morgan fingerprint density at radius 2 is 0.373 bits per heavy atom. The van der Waals surface area contributed by atoms with Crippen LogP contribution < -0.4 is 0 Å². The molecule has 0 N–H and O–H groups in total. The fourth-order valence-corrected chi connectivity index (χ4v) is 15.9. The van der Waals surface area contributed by atoms with Crippen molar-refractivity contribution in [3.8, 4) is 111 Å². The van der Waals surface area contributed by atoms with E-state index in [2.05, 4.69) is 376 Å². The van der Waals surface area contributed by atoms with Crippen molar-refractivity contribution in [3.63, 3.8) is 0 Å². The molecule has 0 unspecified atom stereocenters. The number of fused-ring (bicyclic) bond motifs is 10. The first-order valence-electron chi connectivity index (χ1n) is 35.0. The quantitative estimate of drug-likeness (QED) is 0.128. The van der Waals surface area contributed by atoms with Crippen LogP contribution in [-0.4, -0.2) is 0 Å². The maximum atomic E-state index is 6.33. The molecule has 0 radical (unpaired) electrons. The zero-order chi connectivity index (χ0) is 67.5. The van der Waals surface area contributed by atoms with Gasteiger partial charge in [-0.1, -0.05) is 334 Å². The second-order valence-corrected chi connectivity index (χ2v) is 26.4. The Morgan fingerprint density at radius 3 is 0.755 bits per heavy atom. The second-order valence-electron chi connectivity index (χ2n) is 26.4. The summed E-state index contributed by atoms with van der Waals surface area (Å²) in [6, 6.07) is 140. The van der Waals surface area contributed by atoms with Crippen LogP contribution in [0.4, 0.5) is 0 Å². The third-order valence-electron chi connectivity index (χ3n) is 20.5. The molecule has 0 bridgehead atoms. The number of hydrogen-bond donors (Lipinski definition) is 0. The average molecular weight is 1300 g/mol. The van der Waals surface area contributed by atoms with E-state index in [1.165, 1.54) is 154 Å². The summed E-state index contributed by atoms with van der Waals surface area (Å²) in [4.78, 5) is 0. The Hall–Kier alpha value is -13.4. The Balaban J connectivity index is 0.000000141. The lowest BCUT2D eigenvalue weighted by atomic mass is 9.83. The monoisotopic (exact) mass is 1300 g/mol. The summed E-state index contributed by atoms with van der Waals surface area (Å²) in [6.07, 6.45) is 0. The van der Waals surface area contributed by atoms with Gasteiger partial charge in [0.1, 0.15) is 22.3 Å². The molecule has 0 aliphatic rings. The molecule has 2 heterocycles. The van der Waals surface area contributed by atoms with Crippen LogP contribution in [0.25, 0.3) is 198 Å². The predicted octanol–water partition coefficient (Wildman–Crippen LogP) is 28.5. The van der Waals surface area contributed by atoms with Crippen LogP contribution in [0.15, 0.2) is 397 Å². The van der Waals surface area contributed by atoms with Gasteiger partial charge in [0.25, 0.3) is 0 Å². The van der Waals surface area contributed by atoms with Gasteiger partial charge in [-0.25, -0.2) is 0 Å². The van der Waals surface area contributed by atoms with Crippen molar-refractivity contribution >= 4 is 87.0 Å². The van der Waals surface area contributed by atoms with Crippen LogP contribution in [0.3, 0.4) is 0 Å². The molecule has 20 rings (SSSR count). The summed E-state index contributed by atoms with van der Waals surface area (Å²) in [5, 5.41) is 14.4. The molecule has 20 aromatic rings. The highest BCUT2D eigenvalue weighted by Gasteiger charge is 2.23. The predicted molar refractivity (Wildman–Crippen MR) is 432 cm³/mol. The van der Waals surface area contributed by atoms with Gasteiger partial charge in [-0.05, 0) is 209 Å². The van der Waals surface area contributed by atoms with Crippen molar-refractivity contribution in [2.45, 2.75) is 0 Å². The highest BCUT2D eigenvalue weighted by molar-refractivity contribution is 6.25. The second kappa shape index (κ2) is 25.5. The normalized spacial score (nSPS) is 11.5. The summed E-state index contributed by atoms with van der Waals surface area (Å²) >= 11 is 0. The van der Waals surface area contributed by atoms with E-state index in [0.29, 0.717) is 0 Å². The lowest BCUT2D eigenvalue weighted by Gasteiger charge is -2.20. The maximum Gasteiger partial charge on any atom is 0.136 e. The zero-order valence-corrected chi connectivity index (χ0v) is 55.8. The molecule has 476 valence electrons. The van der Waals surface area contributed by atoms with Crippen LogP contribution in [0.2, 0.25) is 0 Å². The minimum absolute atomic E-state index is 0.904. The largest absolute Gasteiger partial charge is 0.456 e. The Morgan fingerprint density at radius 1 is 0.127 bits per heavy atom. The summed E-state index contributed by atoms with van der Waals surface area (Å²) < 4.78 is 12.7. The minimum Gasteiger partial charge on any atom is -0.456 e. The molecule has 0 fully saturated rings. The van der Waals surface area contributed by atoms with Gasteiger partial charge < -0.3 is 8.83 Å². The van der Waals surface area contributed by atoms with Gasteiger partial charge in [-0.15, -0.1) is 0 Å². The van der Waals surface area contributed by atoms with Crippen LogP contribution in [0.5, 0.6) is 0 Å². The number of furan rings is 2. The molecule has 0 spiro atoms. The molecular formula is C100H64O2. The van der Waals surface area contributed by atoms with Gasteiger partial charge in [0.2, 0.25) is 0 Å². The average Bonchev–Trinajstić information content (AvgIpc) is 0.817. The Kier molecular flexibility index (Phi) is 14.9. The van der Waals surface area contributed by atoms with Crippen molar-refractivity contribution in [1.29, 1.82) is 0 Å².